The molecule has 21 heavy (non-hydrogen) atoms. The molecule has 2 N–H and O–H groups in total. The molecule has 1 aliphatic heterocycles. The Morgan fingerprint density at radius 1 is 1.62 bits per heavy atom. The van der Waals surface area contributed by atoms with Crippen molar-refractivity contribution in [3.63, 3.8) is 0 Å². The van der Waals surface area contributed by atoms with Gasteiger partial charge in [0, 0.05) is 23.9 Å². The van der Waals surface area contributed by atoms with Gasteiger partial charge in [-0.25, -0.2) is 0 Å². The van der Waals surface area contributed by atoms with Crippen LogP contribution < -0.4 is 5.32 Å². The molecule has 1 saturated heterocycles. The normalized spacial score (nSPS) is 19.3. The van der Waals surface area contributed by atoms with Crippen LogP contribution in [0.4, 0.5) is 0 Å². The van der Waals surface area contributed by atoms with Gasteiger partial charge in [-0.15, -0.1) is 23.7 Å². The van der Waals surface area contributed by atoms with Crippen molar-refractivity contribution in [1.29, 1.82) is 0 Å². The zero-order valence-corrected chi connectivity index (χ0v) is 14.1. The lowest BCUT2D eigenvalue weighted by atomic mass is 10.1. The molecule has 1 aliphatic rings. The summed E-state index contributed by atoms with van der Waals surface area (Å²) in [5.74, 6) is 0.237. The summed E-state index contributed by atoms with van der Waals surface area (Å²) < 4.78 is 0. The molecule has 1 amide bonds. The van der Waals surface area contributed by atoms with E-state index in [0.717, 1.165) is 37.2 Å². The van der Waals surface area contributed by atoms with E-state index in [9.17, 15) is 9.90 Å². The first-order valence-electron chi connectivity index (χ1n) is 7.38. The highest BCUT2D eigenvalue weighted by atomic mass is 35.5. The van der Waals surface area contributed by atoms with Crippen LogP contribution in [-0.4, -0.2) is 42.1 Å². The van der Waals surface area contributed by atoms with Gasteiger partial charge in [-0.3, -0.25) is 4.79 Å². The van der Waals surface area contributed by atoms with E-state index in [2.05, 4.69) is 5.32 Å². The van der Waals surface area contributed by atoms with Crippen LogP contribution in [0.1, 0.15) is 43.1 Å². The van der Waals surface area contributed by atoms with Gasteiger partial charge in [0.15, 0.2) is 0 Å². The third-order valence-electron chi connectivity index (χ3n) is 3.88. The fraction of sp³-hybridized carbons (Fsp3) is 0.667. The topological polar surface area (TPSA) is 52.6 Å². The Labute approximate surface area is 136 Å². The van der Waals surface area contributed by atoms with E-state index in [4.69, 9.17) is 0 Å². The third kappa shape index (κ3) is 5.25. The summed E-state index contributed by atoms with van der Waals surface area (Å²) in [5, 5.41) is 15.3. The largest absolute Gasteiger partial charge is 0.387 e. The number of likely N-dealkylation sites (tertiary alicyclic amines) is 1. The molecule has 2 unspecified atom stereocenters. The van der Waals surface area contributed by atoms with E-state index >= 15 is 0 Å². The van der Waals surface area contributed by atoms with Gasteiger partial charge in [-0.2, -0.15) is 0 Å². The molecule has 2 rings (SSSR count). The standard InChI is InChI=1S/C15H24N2O2S.ClH/c1-16-8-2-7-15(19)17-9-3-5-12(17)11-13(18)14-6-4-10-20-14;/h4,6,10,12-13,16,18H,2-3,5,7-9,11H2,1H3;1H. The minimum atomic E-state index is -0.439. The molecule has 0 aliphatic carbocycles. The highest BCUT2D eigenvalue weighted by Crippen LogP contribution is 2.29. The van der Waals surface area contributed by atoms with Gasteiger partial charge in [0.05, 0.1) is 6.10 Å². The van der Waals surface area contributed by atoms with Gasteiger partial charge in [0.2, 0.25) is 5.91 Å². The van der Waals surface area contributed by atoms with Crippen LogP contribution in [-0.2, 0) is 4.79 Å². The molecule has 0 aromatic carbocycles. The second-order valence-corrected chi connectivity index (χ2v) is 6.34. The highest BCUT2D eigenvalue weighted by molar-refractivity contribution is 7.10. The van der Waals surface area contributed by atoms with Gasteiger partial charge in [0.25, 0.3) is 0 Å². The lowest BCUT2D eigenvalue weighted by molar-refractivity contribution is -0.132. The highest BCUT2D eigenvalue weighted by Gasteiger charge is 2.30. The van der Waals surface area contributed by atoms with Gasteiger partial charge in [-0.05, 0) is 50.7 Å². The maximum absolute atomic E-state index is 12.2. The summed E-state index contributed by atoms with van der Waals surface area (Å²) in [6.45, 7) is 1.72. The molecule has 1 aromatic heterocycles. The second-order valence-electron chi connectivity index (χ2n) is 5.36. The molecule has 0 saturated carbocycles. The number of nitrogens with one attached hydrogen (secondary N) is 1. The molecule has 0 bridgehead atoms. The van der Waals surface area contributed by atoms with Crippen LogP contribution in [0.3, 0.4) is 0 Å². The van der Waals surface area contributed by atoms with Gasteiger partial charge >= 0.3 is 0 Å². The van der Waals surface area contributed by atoms with Crippen LogP contribution in [0.25, 0.3) is 0 Å². The molecule has 120 valence electrons. The summed E-state index contributed by atoms with van der Waals surface area (Å²) in [6.07, 6.45) is 3.78. The van der Waals surface area contributed by atoms with E-state index in [1.165, 1.54) is 0 Å². The minimum Gasteiger partial charge on any atom is -0.387 e. The summed E-state index contributed by atoms with van der Waals surface area (Å²) in [7, 11) is 1.90. The average molecular weight is 333 g/mol. The van der Waals surface area contributed by atoms with Crippen molar-refractivity contribution < 1.29 is 9.90 Å². The molecule has 2 atom stereocenters. The molecular formula is C15H25ClN2O2S. The molecule has 2 heterocycles. The van der Waals surface area contributed by atoms with Gasteiger partial charge < -0.3 is 15.3 Å². The molecular weight excluding hydrogens is 308 g/mol. The number of nitrogens with zero attached hydrogens (tertiary/aromatic N) is 1. The average Bonchev–Trinajstić information content (AvgIpc) is 3.09. The predicted molar refractivity (Wildman–Crippen MR) is 89.0 cm³/mol. The predicted octanol–water partition coefficient (Wildman–Crippen LogP) is 2.58. The molecule has 1 aromatic rings. The number of halogens is 1. The Morgan fingerprint density at radius 2 is 2.43 bits per heavy atom. The fourth-order valence-corrected chi connectivity index (χ4v) is 3.55. The van der Waals surface area contributed by atoms with Crippen LogP contribution in [0, 0.1) is 0 Å². The van der Waals surface area contributed by atoms with Crippen molar-refractivity contribution in [2.24, 2.45) is 0 Å². The quantitative estimate of drug-likeness (QED) is 0.755. The smallest absolute Gasteiger partial charge is 0.222 e. The van der Waals surface area contributed by atoms with Crippen molar-refractivity contribution in [1.82, 2.24) is 10.2 Å². The van der Waals surface area contributed by atoms with Crippen molar-refractivity contribution >= 4 is 29.7 Å². The number of aliphatic hydroxyl groups excluding tert-OH is 1. The van der Waals surface area contributed by atoms with Crippen molar-refractivity contribution in [3.8, 4) is 0 Å². The Kier molecular flexibility index (Phi) is 8.26. The number of rotatable bonds is 7. The van der Waals surface area contributed by atoms with Crippen LogP contribution in [0.15, 0.2) is 17.5 Å². The van der Waals surface area contributed by atoms with Crippen molar-refractivity contribution in [2.75, 3.05) is 20.1 Å². The van der Waals surface area contributed by atoms with Gasteiger partial charge in [0.1, 0.15) is 0 Å². The summed E-state index contributed by atoms with van der Waals surface area (Å²) in [4.78, 5) is 15.2. The zero-order valence-electron chi connectivity index (χ0n) is 12.5. The molecule has 0 radical (unpaired) electrons. The Bertz CT molecular complexity index is 414. The number of carbonyl (C=O) groups is 1. The number of amides is 1. The van der Waals surface area contributed by atoms with Crippen LogP contribution in [0.2, 0.25) is 0 Å². The van der Waals surface area contributed by atoms with Crippen molar-refractivity contribution in [3.05, 3.63) is 22.4 Å². The SMILES string of the molecule is CNCCCC(=O)N1CCCC1CC(O)c1cccs1.Cl. The Morgan fingerprint density at radius 3 is 3.10 bits per heavy atom. The maximum atomic E-state index is 12.2. The maximum Gasteiger partial charge on any atom is 0.222 e. The minimum absolute atomic E-state index is 0. The van der Waals surface area contributed by atoms with E-state index < -0.39 is 6.10 Å². The number of carbonyl (C=O) groups excluding carboxylic acids is 1. The summed E-state index contributed by atoms with van der Waals surface area (Å²) >= 11 is 1.58. The number of thiophene rings is 1. The molecule has 6 heteroatoms. The number of hydrogen-bond donors (Lipinski definition) is 2. The Balaban J connectivity index is 0.00000220. The van der Waals surface area contributed by atoms with E-state index in [1.54, 1.807) is 11.3 Å². The monoisotopic (exact) mass is 332 g/mol. The first kappa shape index (κ1) is 18.4. The van der Waals surface area contributed by atoms with Gasteiger partial charge in [-0.1, -0.05) is 6.07 Å². The fourth-order valence-electron chi connectivity index (χ4n) is 2.82. The van der Waals surface area contributed by atoms with Crippen molar-refractivity contribution in [2.45, 2.75) is 44.2 Å². The lowest BCUT2D eigenvalue weighted by Crippen LogP contribution is -2.36. The number of hydrogen-bond acceptors (Lipinski definition) is 4. The first-order valence-corrected chi connectivity index (χ1v) is 8.26. The van der Waals surface area contributed by atoms with E-state index in [-0.39, 0.29) is 24.4 Å². The van der Waals surface area contributed by atoms with E-state index in [1.807, 2.05) is 29.5 Å². The third-order valence-corrected chi connectivity index (χ3v) is 4.86. The number of aliphatic hydroxyl groups is 1. The second kappa shape index (κ2) is 9.41. The molecule has 0 spiro atoms. The van der Waals surface area contributed by atoms with Crippen LogP contribution in [0.5, 0.6) is 0 Å². The first-order chi connectivity index (χ1) is 9.72. The molecule has 1 fully saturated rings. The Hall–Kier alpha value is -0.620. The summed E-state index contributed by atoms with van der Waals surface area (Å²) in [5.41, 5.74) is 0. The lowest BCUT2D eigenvalue weighted by Gasteiger charge is -2.26. The molecule has 4 nitrogen and oxygen atoms in total. The van der Waals surface area contributed by atoms with Crippen LogP contribution >= 0.6 is 23.7 Å². The zero-order chi connectivity index (χ0) is 14.4. The van der Waals surface area contributed by atoms with E-state index in [0.29, 0.717) is 12.8 Å². The summed E-state index contributed by atoms with van der Waals surface area (Å²) in [6, 6.07) is 4.12.